The van der Waals surface area contributed by atoms with Crippen LogP contribution in [0.4, 0.5) is 5.95 Å². The van der Waals surface area contributed by atoms with E-state index in [4.69, 9.17) is 4.74 Å². The van der Waals surface area contributed by atoms with E-state index in [0.29, 0.717) is 25.4 Å². The topological polar surface area (TPSA) is 88.5 Å². The normalized spacial score (nSPS) is 24.0. The number of ether oxygens (including phenoxy) is 1. The molecule has 2 aromatic heterocycles. The monoisotopic (exact) mass is 483 g/mol. The summed E-state index contributed by atoms with van der Waals surface area (Å²) in [6, 6.07) is 2.14. The van der Waals surface area contributed by atoms with Gasteiger partial charge in [-0.3, -0.25) is 4.98 Å². The van der Waals surface area contributed by atoms with Crippen LogP contribution in [0.25, 0.3) is 5.57 Å². The van der Waals surface area contributed by atoms with E-state index in [-0.39, 0.29) is 5.60 Å². The Hall–Kier alpha value is -2.52. The van der Waals surface area contributed by atoms with Crippen molar-refractivity contribution in [1.29, 1.82) is 0 Å². The van der Waals surface area contributed by atoms with Gasteiger partial charge in [0.25, 0.3) is 0 Å². The fourth-order valence-electron chi connectivity index (χ4n) is 5.35. The minimum Gasteiger partial charge on any atom is -0.485 e. The number of rotatable bonds is 5. The molecule has 0 bridgehead atoms. The molecule has 1 fully saturated rings. The van der Waals surface area contributed by atoms with Gasteiger partial charge in [-0.1, -0.05) is 13.0 Å². The summed E-state index contributed by atoms with van der Waals surface area (Å²) in [5, 5.41) is 0. The molecule has 34 heavy (non-hydrogen) atoms. The third-order valence-corrected chi connectivity index (χ3v) is 8.81. The van der Waals surface area contributed by atoms with Crippen LogP contribution in [-0.4, -0.2) is 65.7 Å². The number of nitrogens with zero attached hydrogens (tertiary/aromatic N) is 5. The molecule has 0 unspecified atom stereocenters. The number of fused-ring (bicyclic) bond motifs is 1. The Morgan fingerprint density at radius 1 is 1.12 bits per heavy atom. The van der Waals surface area contributed by atoms with Crippen molar-refractivity contribution in [2.24, 2.45) is 5.92 Å². The maximum Gasteiger partial charge on any atom is 0.225 e. The van der Waals surface area contributed by atoms with Gasteiger partial charge in [0.2, 0.25) is 16.0 Å². The summed E-state index contributed by atoms with van der Waals surface area (Å²) in [6.45, 7) is 7.10. The molecule has 0 aliphatic carbocycles. The molecule has 0 N–H and O–H groups in total. The lowest BCUT2D eigenvalue weighted by molar-refractivity contribution is 0.0347. The van der Waals surface area contributed by atoms with Crippen LogP contribution in [-0.2, 0) is 22.9 Å². The summed E-state index contributed by atoms with van der Waals surface area (Å²) in [4.78, 5) is 16.0. The molecular weight excluding hydrogens is 450 g/mol. The number of sulfonamides is 1. The molecule has 5 rings (SSSR count). The molecule has 182 valence electrons. The largest absolute Gasteiger partial charge is 0.485 e. The third-order valence-electron chi connectivity index (χ3n) is 7.54. The van der Waals surface area contributed by atoms with E-state index in [1.807, 2.05) is 24.7 Å². The molecule has 0 radical (unpaired) electrons. The van der Waals surface area contributed by atoms with Crippen LogP contribution in [0.5, 0.6) is 5.75 Å². The van der Waals surface area contributed by atoms with Crippen molar-refractivity contribution < 1.29 is 13.2 Å². The third kappa shape index (κ3) is 4.55. The second kappa shape index (κ2) is 8.92. The molecule has 3 aliphatic rings. The van der Waals surface area contributed by atoms with Crippen LogP contribution in [0.3, 0.4) is 0 Å². The van der Waals surface area contributed by atoms with E-state index in [1.165, 1.54) is 16.1 Å². The first-order valence-electron chi connectivity index (χ1n) is 12.1. The first-order valence-corrected chi connectivity index (χ1v) is 14.0. The van der Waals surface area contributed by atoms with E-state index >= 15 is 0 Å². The van der Waals surface area contributed by atoms with Crippen molar-refractivity contribution in [3.63, 3.8) is 0 Å². The number of aromatic nitrogens is 3. The smallest absolute Gasteiger partial charge is 0.225 e. The molecular formula is C25H33N5O3S. The summed E-state index contributed by atoms with van der Waals surface area (Å²) in [7, 11) is -3.16. The quantitative estimate of drug-likeness (QED) is 0.646. The maximum absolute atomic E-state index is 11.8. The highest BCUT2D eigenvalue weighted by Gasteiger charge is 2.43. The average Bonchev–Trinajstić information content (AvgIpc) is 3.20. The molecule has 5 heterocycles. The van der Waals surface area contributed by atoms with Crippen molar-refractivity contribution >= 4 is 21.5 Å². The van der Waals surface area contributed by atoms with Crippen molar-refractivity contribution in [2.75, 3.05) is 37.3 Å². The standard InChI is InChI=1S/C25H33N5O3S/c1-4-18-15-27-24(28-16-18)29-9-7-21(8-10-29)25(2)14-20-13-22(26-17-23(20)33-25)19-5-11-30(12-6-19)34(3,31)32/h5,13,15-17,21H,4,6-12,14H2,1-3H3/t25-/m0/s1. The minimum absolute atomic E-state index is 0.240. The van der Waals surface area contributed by atoms with Gasteiger partial charge in [-0.05, 0) is 49.8 Å². The molecule has 0 amide bonds. The van der Waals surface area contributed by atoms with Crippen LogP contribution >= 0.6 is 0 Å². The molecule has 8 nitrogen and oxygen atoms in total. The molecule has 1 atom stereocenters. The molecule has 9 heteroatoms. The summed E-state index contributed by atoms with van der Waals surface area (Å²) >= 11 is 0. The van der Waals surface area contributed by atoms with E-state index < -0.39 is 10.0 Å². The van der Waals surface area contributed by atoms with Crippen LogP contribution in [0.1, 0.15) is 49.9 Å². The number of hydrogen-bond donors (Lipinski definition) is 0. The fourth-order valence-corrected chi connectivity index (χ4v) is 6.12. The zero-order chi connectivity index (χ0) is 23.9. The van der Waals surface area contributed by atoms with E-state index in [2.05, 4.69) is 39.8 Å². The zero-order valence-electron chi connectivity index (χ0n) is 20.2. The van der Waals surface area contributed by atoms with Crippen molar-refractivity contribution in [3.8, 4) is 5.75 Å². The Morgan fingerprint density at radius 2 is 1.85 bits per heavy atom. The van der Waals surface area contributed by atoms with Crippen molar-refractivity contribution in [3.05, 3.63) is 47.6 Å². The molecule has 0 saturated carbocycles. The highest BCUT2D eigenvalue weighted by Crippen LogP contribution is 2.43. The van der Waals surface area contributed by atoms with Gasteiger partial charge in [-0.15, -0.1) is 0 Å². The first kappa shape index (κ1) is 23.2. The van der Waals surface area contributed by atoms with E-state index in [1.54, 1.807) is 0 Å². The number of anilines is 1. The minimum atomic E-state index is -3.16. The van der Waals surface area contributed by atoms with E-state index in [0.717, 1.165) is 67.3 Å². The molecule has 2 aromatic rings. The molecule has 1 saturated heterocycles. The van der Waals surface area contributed by atoms with Crippen LogP contribution < -0.4 is 9.64 Å². The summed E-state index contributed by atoms with van der Waals surface area (Å²) < 4.78 is 31.6. The van der Waals surface area contributed by atoms with Crippen molar-refractivity contribution in [1.82, 2.24) is 19.3 Å². The Kier molecular flexibility index (Phi) is 6.10. The Morgan fingerprint density at radius 3 is 2.47 bits per heavy atom. The lowest BCUT2D eigenvalue weighted by Crippen LogP contribution is -2.46. The number of piperidine rings is 1. The highest BCUT2D eigenvalue weighted by molar-refractivity contribution is 7.88. The van der Waals surface area contributed by atoms with Gasteiger partial charge in [0, 0.05) is 56.5 Å². The Bertz CT molecular complexity index is 1190. The predicted molar refractivity (Wildman–Crippen MR) is 132 cm³/mol. The summed E-state index contributed by atoms with van der Waals surface area (Å²) in [5.74, 6) is 2.15. The van der Waals surface area contributed by atoms with Gasteiger partial charge >= 0.3 is 0 Å². The molecule has 0 spiro atoms. The average molecular weight is 484 g/mol. The van der Waals surface area contributed by atoms with Crippen molar-refractivity contribution in [2.45, 2.75) is 51.6 Å². The predicted octanol–water partition coefficient (Wildman–Crippen LogP) is 3.09. The Balaban J connectivity index is 1.24. The van der Waals surface area contributed by atoms with Crippen LogP contribution in [0.15, 0.2) is 30.7 Å². The molecule has 0 aromatic carbocycles. The summed E-state index contributed by atoms with van der Waals surface area (Å²) in [6.07, 6.45) is 13.5. The van der Waals surface area contributed by atoms with E-state index in [9.17, 15) is 8.42 Å². The number of aryl methyl sites for hydroxylation is 1. The van der Waals surface area contributed by atoms with Gasteiger partial charge in [-0.2, -0.15) is 4.31 Å². The molecule has 3 aliphatic heterocycles. The van der Waals surface area contributed by atoms with Gasteiger partial charge < -0.3 is 9.64 Å². The van der Waals surface area contributed by atoms with Crippen LogP contribution in [0, 0.1) is 5.92 Å². The zero-order valence-corrected chi connectivity index (χ0v) is 21.0. The van der Waals surface area contributed by atoms with Gasteiger partial charge in [0.15, 0.2) is 0 Å². The SMILES string of the molecule is CCc1cnc(N2CCC([C@]3(C)Cc4cc(C5=CCN(S(C)(=O)=O)CC5)ncc4O3)CC2)nc1. The second-order valence-electron chi connectivity index (χ2n) is 9.88. The highest BCUT2D eigenvalue weighted by atomic mass is 32.2. The number of hydrogen-bond acceptors (Lipinski definition) is 7. The number of pyridine rings is 1. The Labute approximate surface area is 202 Å². The summed E-state index contributed by atoms with van der Waals surface area (Å²) in [5.41, 5.74) is 4.16. The van der Waals surface area contributed by atoms with Gasteiger partial charge in [-0.25, -0.2) is 18.4 Å². The lowest BCUT2D eigenvalue weighted by Gasteiger charge is -2.40. The maximum atomic E-state index is 11.8. The fraction of sp³-hybridized carbons (Fsp3) is 0.560. The lowest BCUT2D eigenvalue weighted by atomic mass is 9.79. The van der Waals surface area contributed by atoms with Gasteiger partial charge in [0.1, 0.15) is 11.4 Å². The van der Waals surface area contributed by atoms with Crippen LogP contribution in [0.2, 0.25) is 0 Å². The van der Waals surface area contributed by atoms with Gasteiger partial charge in [0.05, 0.1) is 18.1 Å². The first-order chi connectivity index (χ1) is 16.2. The second-order valence-corrected chi connectivity index (χ2v) is 11.9.